The molecule has 0 atom stereocenters. The lowest BCUT2D eigenvalue weighted by molar-refractivity contribution is 1.07. The second kappa shape index (κ2) is 9.37. The van der Waals surface area contributed by atoms with Crippen LogP contribution in [0.5, 0.6) is 0 Å². The van der Waals surface area contributed by atoms with Crippen molar-refractivity contribution in [3.8, 4) is 39.6 Å². The standard InChI is InChI=1S/C34H21N5/c1-35-27-18-15-24(16-19-27)29-13-8-14-32(37-29)39-30-20-17-26(23-9-4-2-5-10-23)21-28(30)33-31(39)22-36-34(38-33)25-11-6-3-7-12-25/h2-22H. The Bertz CT molecular complexity index is 1910. The van der Waals surface area contributed by atoms with E-state index in [-0.39, 0.29) is 0 Å². The summed E-state index contributed by atoms with van der Waals surface area (Å²) in [6.45, 7) is 7.24. The Kier molecular flexibility index (Phi) is 5.42. The van der Waals surface area contributed by atoms with Crippen molar-refractivity contribution in [1.29, 1.82) is 0 Å². The zero-order valence-electron chi connectivity index (χ0n) is 20.9. The van der Waals surface area contributed by atoms with Crippen LogP contribution in [0.3, 0.4) is 0 Å². The minimum absolute atomic E-state index is 0.609. The predicted molar refractivity (Wildman–Crippen MR) is 157 cm³/mol. The zero-order chi connectivity index (χ0) is 26.2. The average Bonchev–Trinajstić information content (AvgIpc) is 3.35. The SMILES string of the molecule is [C-]#[N+]c1ccc(-c2cccc(-n3c4ccc(-c5ccccc5)cc4c4nc(-c5ccccc5)ncc43)n2)cc1. The first kappa shape index (κ1) is 22.6. The largest absolute Gasteiger partial charge is 0.291 e. The molecule has 5 heteroatoms. The molecule has 0 fully saturated rings. The van der Waals surface area contributed by atoms with Crippen molar-refractivity contribution >= 4 is 27.6 Å². The van der Waals surface area contributed by atoms with Crippen LogP contribution in [-0.4, -0.2) is 19.5 Å². The molecule has 0 unspecified atom stereocenters. The van der Waals surface area contributed by atoms with Crippen molar-refractivity contribution in [3.63, 3.8) is 0 Å². The summed E-state index contributed by atoms with van der Waals surface area (Å²) in [5.41, 5.74) is 8.44. The quantitative estimate of drug-likeness (QED) is 0.228. The van der Waals surface area contributed by atoms with Crippen LogP contribution < -0.4 is 0 Å². The molecule has 0 radical (unpaired) electrons. The highest BCUT2D eigenvalue weighted by atomic mass is 15.1. The molecule has 0 bridgehead atoms. The van der Waals surface area contributed by atoms with Crippen LogP contribution in [0.15, 0.2) is 128 Å². The maximum atomic E-state index is 7.24. The second-order valence-electron chi connectivity index (χ2n) is 9.27. The molecular weight excluding hydrogens is 478 g/mol. The number of hydrogen-bond donors (Lipinski definition) is 0. The molecule has 7 rings (SSSR count). The van der Waals surface area contributed by atoms with Gasteiger partial charge in [0.1, 0.15) is 11.3 Å². The molecule has 5 nitrogen and oxygen atoms in total. The van der Waals surface area contributed by atoms with Crippen molar-refractivity contribution in [1.82, 2.24) is 19.5 Å². The minimum atomic E-state index is 0.609. The smallest absolute Gasteiger partial charge is 0.187 e. The van der Waals surface area contributed by atoms with Gasteiger partial charge in [-0.25, -0.2) is 19.8 Å². The van der Waals surface area contributed by atoms with Gasteiger partial charge in [-0.15, -0.1) is 0 Å². The average molecular weight is 500 g/mol. The number of hydrogen-bond acceptors (Lipinski definition) is 3. The van der Waals surface area contributed by atoms with Crippen LogP contribution in [0.1, 0.15) is 0 Å². The Morgan fingerprint density at radius 3 is 2.05 bits per heavy atom. The van der Waals surface area contributed by atoms with E-state index in [0.717, 1.165) is 55.7 Å². The lowest BCUT2D eigenvalue weighted by atomic mass is 10.0. The third kappa shape index (κ3) is 4.01. The van der Waals surface area contributed by atoms with E-state index in [1.165, 1.54) is 0 Å². The highest BCUT2D eigenvalue weighted by Crippen LogP contribution is 2.35. The molecule has 3 aromatic heterocycles. The Labute approximate surface area is 225 Å². The fourth-order valence-corrected chi connectivity index (χ4v) is 4.99. The van der Waals surface area contributed by atoms with E-state index in [1.54, 1.807) is 0 Å². The Hall–Kier alpha value is -5.60. The van der Waals surface area contributed by atoms with E-state index >= 15 is 0 Å². The van der Waals surface area contributed by atoms with Crippen molar-refractivity contribution in [2.24, 2.45) is 0 Å². The molecule has 0 aliphatic rings. The normalized spacial score (nSPS) is 11.1. The van der Waals surface area contributed by atoms with Crippen LogP contribution in [0.4, 0.5) is 5.69 Å². The van der Waals surface area contributed by atoms with Gasteiger partial charge in [-0.3, -0.25) is 4.57 Å². The summed E-state index contributed by atoms with van der Waals surface area (Å²) in [6.07, 6.45) is 1.89. The van der Waals surface area contributed by atoms with Gasteiger partial charge in [-0.05, 0) is 41.0 Å². The van der Waals surface area contributed by atoms with Crippen LogP contribution in [0.2, 0.25) is 0 Å². The first-order valence-corrected chi connectivity index (χ1v) is 12.7. The van der Waals surface area contributed by atoms with Crippen LogP contribution in [0.25, 0.3) is 66.4 Å². The summed E-state index contributed by atoms with van der Waals surface area (Å²) in [5, 5.41) is 1.04. The number of rotatable bonds is 4. The lowest BCUT2D eigenvalue weighted by Gasteiger charge is -2.09. The first-order chi connectivity index (χ1) is 19.3. The number of pyridine rings is 1. The summed E-state index contributed by atoms with van der Waals surface area (Å²) in [5.74, 6) is 1.47. The van der Waals surface area contributed by atoms with Gasteiger partial charge in [0.25, 0.3) is 0 Å². The summed E-state index contributed by atoms with van der Waals surface area (Å²) < 4.78 is 2.13. The van der Waals surface area contributed by atoms with Gasteiger partial charge in [-0.1, -0.05) is 97.1 Å². The molecule has 0 aliphatic heterocycles. The van der Waals surface area contributed by atoms with E-state index in [2.05, 4.69) is 51.9 Å². The summed E-state index contributed by atoms with van der Waals surface area (Å²) in [7, 11) is 0. The summed E-state index contributed by atoms with van der Waals surface area (Å²) in [6, 6.07) is 40.4. The number of benzene rings is 4. The van der Waals surface area contributed by atoms with E-state index in [9.17, 15) is 0 Å². The van der Waals surface area contributed by atoms with Gasteiger partial charge >= 0.3 is 0 Å². The zero-order valence-corrected chi connectivity index (χ0v) is 20.9. The summed E-state index contributed by atoms with van der Waals surface area (Å²) in [4.78, 5) is 18.4. The molecule has 39 heavy (non-hydrogen) atoms. The van der Waals surface area contributed by atoms with Crippen LogP contribution >= 0.6 is 0 Å². The van der Waals surface area contributed by atoms with Crippen molar-refractivity contribution in [2.45, 2.75) is 0 Å². The minimum Gasteiger partial charge on any atom is -0.291 e. The molecule has 0 saturated carbocycles. The molecule has 0 N–H and O–H groups in total. The molecule has 3 heterocycles. The van der Waals surface area contributed by atoms with Crippen molar-refractivity contribution < 1.29 is 0 Å². The maximum absolute atomic E-state index is 7.24. The van der Waals surface area contributed by atoms with Crippen molar-refractivity contribution in [2.75, 3.05) is 0 Å². The molecule has 4 aromatic carbocycles. The predicted octanol–water partition coefficient (Wildman–Crippen LogP) is 8.52. The van der Waals surface area contributed by atoms with Gasteiger partial charge in [0.15, 0.2) is 11.5 Å². The van der Waals surface area contributed by atoms with Gasteiger partial charge < -0.3 is 0 Å². The molecule has 182 valence electrons. The fraction of sp³-hybridized carbons (Fsp3) is 0. The molecule has 0 spiro atoms. The van der Waals surface area contributed by atoms with E-state index in [1.807, 2.05) is 85.1 Å². The van der Waals surface area contributed by atoms with Gasteiger partial charge in [-0.2, -0.15) is 0 Å². The Balaban J connectivity index is 1.46. The summed E-state index contributed by atoms with van der Waals surface area (Å²) >= 11 is 0. The first-order valence-electron chi connectivity index (χ1n) is 12.7. The van der Waals surface area contributed by atoms with Gasteiger partial charge in [0.05, 0.1) is 29.5 Å². The molecule has 0 saturated heterocycles. The van der Waals surface area contributed by atoms with Gasteiger partial charge in [0.2, 0.25) is 0 Å². The number of aromatic nitrogens is 4. The van der Waals surface area contributed by atoms with Gasteiger partial charge in [0, 0.05) is 10.9 Å². The van der Waals surface area contributed by atoms with Crippen LogP contribution in [-0.2, 0) is 0 Å². The Morgan fingerprint density at radius 1 is 0.590 bits per heavy atom. The second-order valence-corrected chi connectivity index (χ2v) is 9.27. The third-order valence-electron chi connectivity index (χ3n) is 6.90. The third-order valence-corrected chi connectivity index (χ3v) is 6.90. The topological polar surface area (TPSA) is 48.0 Å². The van der Waals surface area contributed by atoms with E-state index < -0.39 is 0 Å². The van der Waals surface area contributed by atoms with E-state index in [4.69, 9.17) is 21.5 Å². The number of nitrogens with zero attached hydrogens (tertiary/aromatic N) is 5. The lowest BCUT2D eigenvalue weighted by Crippen LogP contribution is -1.99. The molecule has 7 aromatic rings. The number of fused-ring (bicyclic) bond motifs is 3. The van der Waals surface area contributed by atoms with Crippen LogP contribution in [0, 0.1) is 6.57 Å². The molecule has 0 amide bonds. The maximum Gasteiger partial charge on any atom is 0.187 e. The highest BCUT2D eigenvalue weighted by Gasteiger charge is 2.17. The van der Waals surface area contributed by atoms with Crippen molar-refractivity contribution in [3.05, 3.63) is 139 Å². The Morgan fingerprint density at radius 2 is 1.31 bits per heavy atom. The molecule has 0 aliphatic carbocycles. The molecular formula is C34H21N5. The van der Waals surface area contributed by atoms with E-state index in [0.29, 0.717) is 11.5 Å². The highest BCUT2D eigenvalue weighted by molar-refractivity contribution is 6.08. The monoisotopic (exact) mass is 499 g/mol. The fourth-order valence-electron chi connectivity index (χ4n) is 4.99.